The predicted molar refractivity (Wildman–Crippen MR) is 89.8 cm³/mol. The van der Waals surface area contributed by atoms with Crippen LogP contribution in [0.5, 0.6) is 5.88 Å². The third kappa shape index (κ3) is 3.16. The smallest absolute Gasteiger partial charge is 0.213 e. The van der Waals surface area contributed by atoms with Gasteiger partial charge in [-0.15, -0.1) is 0 Å². The molecule has 2 fully saturated rings. The van der Waals surface area contributed by atoms with Crippen molar-refractivity contribution in [2.45, 2.75) is 38.0 Å². The average Bonchev–Trinajstić information content (AvgIpc) is 2.85. The van der Waals surface area contributed by atoms with Gasteiger partial charge in [-0.25, -0.2) is 4.98 Å². The monoisotopic (exact) mass is 328 g/mol. The van der Waals surface area contributed by atoms with Crippen LogP contribution in [-0.2, 0) is 18.3 Å². The molecule has 1 atom stereocenters. The Bertz CT molecular complexity index is 694. The molecular formula is C18H24N4O2. The topological polar surface area (TPSA) is 52.4 Å². The van der Waals surface area contributed by atoms with E-state index < -0.39 is 0 Å². The predicted octanol–water partition coefficient (Wildman–Crippen LogP) is 1.94. The van der Waals surface area contributed by atoms with Crippen LogP contribution in [0.4, 0.5) is 0 Å². The van der Waals surface area contributed by atoms with Gasteiger partial charge in [-0.3, -0.25) is 9.58 Å². The van der Waals surface area contributed by atoms with Crippen LogP contribution in [0.15, 0.2) is 30.5 Å². The first kappa shape index (κ1) is 15.6. The largest absolute Gasteiger partial charge is 0.474 e. The molecule has 24 heavy (non-hydrogen) atoms. The third-order valence-corrected chi connectivity index (χ3v) is 4.88. The van der Waals surface area contributed by atoms with E-state index in [0.717, 1.165) is 44.8 Å². The van der Waals surface area contributed by atoms with Gasteiger partial charge in [0.2, 0.25) is 5.88 Å². The molecule has 2 aliphatic heterocycles. The Labute approximate surface area is 142 Å². The van der Waals surface area contributed by atoms with Crippen LogP contribution in [0.3, 0.4) is 0 Å². The lowest BCUT2D eigenvalue weighted by molar-refractivity contribution is -0.188. The number of aryl methyl sites for hydroxylation is 2. The lowest BCUT2D eigenvalue weighted by Gasteiger charge is -2.53. The van der Waals surface area contributed by atoms with Crippen molar-refractivity contribution in [2.24, 2.45) is 7.05 Å². The SMILES string of the molecule is Cc1cc(CN2CC3(C[C@H](Oc4ccccn4)CCO3)C2)n(C)n1. The zero-order chi connectivity index (χ0) is 16.6. The van der Waals surface area contributed by atoms with Crippen molar-refractivity contribution in [1.82, 2.24) is 19.7 Å². The maximum atomic E-state index is 6.11. The van der Waals surface area contributed by atoms with E-state index in [9.17, 15) is 0 Å². The molecule has 0 amide bonds. The summed E-state index contributed by atoms with van der Waals surface area (Å²) in [5, 5.41) is 4.42. The Hall–Kier alpha value is -1.92. The van der Waals surface area contributed by atoms with Gasteiger partial charge in [-0.1, -0.05) is 6.07 Å². The summed E-state index contributed by atoms with van der Waals surface area (Å²) in [4.78, 5) is 6.68. The second-order valence-corrected chi connectivity index (χ2v) is 6.98. The Morgan fingerprint density at radius 2 is 2.25 bits per heavy atom. The van der Waals surface area contributed by atoms with E-state index in [1.54, 1.807) is 6.20 Å². The molecule has 6 heteroatoms. The molecule has 2 aromatic rings. The minimum Gasteiger partial charge on any atom is -0.474 e. The summed E-state index contributed by atoms with van der Waals surface area (Å²) in [7, 11) is 2.01. The molecule has 128 valence electrons. The Morgan fingerprint density at radius 3 is 2.96 bits per heavy atom. The van der Waals surface area contributed by atoms with Gasteiger partial charge in [0, 0.05) is 51.8 Å². The van der Waals surface area contributed by atoms with E-state index in [4.69, 9.17) is 9.47 Å². The molecule has 2 saturated heterocycles. The number of hydrogen-bond donors (Lipinski definition) is 0. The van der Waals surface area contributed by atoms with Crippen molar-refractivity contribution in [3.8, 4) is 5.88 Å². The van der Waals surface area contributed by atoms with Crippen molar-refractivity contribution in [2.75, 3.05) is 19.7 Å². The molecule has 0 N–H and O–H groups in total. The van der Waals surface area contributed by atoms with E-state index in [-0.39, 0.29) is 11.7 Å². The molecular weight excluding hydrogens is 304 g/mol. The van der Waals surface area contributed by atoms with Crippen LogP contribution < -0.4 is 4.74 Å². The average molecular weight is 328 g/mol. The zero-order valence-electron chi connectivity index (χ0n) is 14.3. The summed E-state index contributed by atoms with van der Waals surface area (Å²) in [5.41, 5.74) is 2.27. The van der Waals surface area contributed by atoms with Gasteiger partial charge in [-0.05, 0) is 19.1 Å². The minimum absolute atomic E-state index is 0.0503. The lowest BCUT2D eigenvalue weighted by atomic mass is 9.84. The number of rotatable bonds is 4. The summed E-state index contributed by atoms with van der Waals surface area (Å²) in [6.45, 7) is 5.63. The van der Waals surface area contributed by atoms with Crippen molar-refractivity contribution >= 4 is 0 Å². The van der Waals surface area contributed by atoms with Gasteiger partial charge in [-0.2, -0.15) is 5.10 Å². The minimum atomic E-state index is -0.0503. The fraction of sp³-hybridized carbons (Fsp3) is 0.556. The summed E-state index contributed by atoms with van der Waals surface area (Å²) < 4.78 is 14.1. The third-order valence-electron chi connectivity index (χ3n) is 4.88. The van der Waals surface area contributed by atoms with Crippen molar-refractivity contribution in [3.05, 3.63) is 41.9 Å². The highest BCUT2D eigenvalue weighted by atomic mass is 16.5. The van der Waals surface area contributed by atoms with E-state index in [0.29, 0.717) is 5.88 Å². The fourth-order valence-electron chi connectivity index (χ4n) is 3.81. The van der Waals surface area contributed by atoms with Gasteiger partial charge in [0.15, 0.2) is 0 Å². The van der Waals surface area contributed by atoms with E-state index in [1.165, 1.54) is 5.69 Å². The Morgan fingerprint density at radius 1 is 1.38 bits per heavy atom. The maximum Gasteiger partial charge on any atom is 0.213 e. The summed E-state index contributed by atoms with van der Waals surface area (Å²) in [6.07, 6.45) is 3.82. The zero-order valence-corrected chi connectivity index (χ0v) is 14.3. The number of likely N-dealkylation sites (tertiary alicyclic amines) is 1. The highest BCUT2D eigenvalue weighted by molar-refractivity contribution is 5.12. The molecule has 2 aromatic heterocycles. The number of nitrogens with zero attached hydrogens (tertiary/aromatic N) is 4. The highest BCUT2D eigenvalue weighted by Gasteiger charge is 2.48. The maximum absolute atomic E-state index is 6.11. The second kappa shape index (κ2) is 6.18. The van der Waals surface area contributed by atoms with E-state index in [2.05, 4.69) is 21.0 Å². The molecule has 0 unspecified atom stereocenters. The van der Waals surface area contributed by atoms with Crippen LogP contribution in [-0.4, -0.2) is 51.1 Å². The first-order valence-electron chi connectivity index (χ1n) is 8.55. The van der Waals surface area contributed by atoms with Gasteiger partial charge in [0.25, 0.3) is 0 Å². The van der Waals surface area contributed by atoms with Gasteiger partial charge in [0.1, 0.15) is 6.10 Å². The molecule has 4 heterocycles. The number of ether oxygens (including phenoxy) is 2. The normalized spacial score (nSPS) is 23.2. The van der Waals surface area contributed by atoms with Crippen molar-refractivity contribution in [1.29, 1.82) is 0 Å². The van der Waals surface area contributed by atoms with Crippen molar-refractivity contribution in [3.63, 3.8) is 0 Å². The van der Waals surface area contributed by atoms with Crippen LogP contribution in [0.2, 0.25) is 0 Å². The Kier molecular flexibility index (Phi) is 4.02. The lowest BCUT2D eigenvalue weighted by Crippen LogP contribution is -2.65. The number of aromatic nitrogens is 3. The standard InChI is InChI=1S/C18H24N4O2/c1-14-9-15(21(2)20-14)11-22-12-18(13-22)10-16(6-8-23-18)24-17-5-3-4-7-19-17/h3-5,7,9,16H,6,8,10-13H2,1-2H3/t16-/m1/s1. The molecule has 1 spiro atoms. The highest BCUT2D eigenvalue weighted by Crippen LogP contribution is 2.36. The van der Waals surface area contributed by atoms with Crippen molar-refractivity contribution < 1.29 is 9.47 Å². The second-order valence-electron chi connectivity index (χ2n) is 6.98. The van der Waals surface area contributed by atoms with Crippen LogP contribution in [0.1, 0.15) is 24.2 Å². The van der Waals surface area contributed by atoms with Gasteiger partial charge < -0.3 is 9.47 Å². The molecule has 4 rings (SSSR count). The molecule has 0 saturated carbocycles. The number of hydrogen-bond acceptors (Lipinski definition) is 5. The molecule has 6 nitrogen and oxygen atoms in total. The number of pyridine rings is 1. The fourth-order valence-corrected chi connectivity index (χ4v) is 3.81. The molecule has 0 aromatic carbocycles. The van der Waals surface area contributed by atoms with E-state index in [1.807, 2.05) is 36.9 Å². The first-order valence-corrected chi connectivity index (χ1v) is 8.55. The van der Waals surface area contributed by atoms with Gasteiger partial charge >= 0.3 is 0 Å². The van der Waals surface area contributed by atoms with Crippen LogP contribution in [0, 0.1) is 6.92 Å². The van der Waals surface area contributed by atoms with Crippen LogP contribution in [0.25, 0.3) is 0 Å². The molecule has 0 bridgehead atoms. The summed E-state index contributed by atoms with van der Waals surface area (Å²) in [6, 6.07) is 7.93. The summed E-state index contributed by atoms with van der Waals surface area (Å²) >= 11 is 0. The van der Waals surface area contributed by atoms with E-state index >= 15 is 0 Å². The quantitative estimate of drug-likeness (QED) is 0.858. The molecule has 0 aliphatic carbocycles. The summed E-state index contributed by atoms with van der Waals surface area (Å²) in [5.74, 6) is 0.709. The Balaban J connectivity index is 1.33. The van der Waals surface area contributed by atoms with Crippen LogP contribution >= 0.6 is 0 Å². The first-order chi connectivity index (χ1) is 11.6. The van der Waals surface area contributed by atoms with Gasteiger partial charge in [0.05, 0.1) is 23.6 Å². The molecule has 2 aliphatic rings. The molecule has 0 radical (unpaired) electrons.